The lowest BCUT2D eigenvalue weighted by atomic mass is 10.4. The summed E-state index contributed by atoms with van der Waals surface area (Å²) in [6.45, 7) is 5.98. The molecule has 19 heavy (non-hydrogen) atoms. The molecule has 0 radical (unpaired) electrons. The molecule has 1 N–H and O–H groups in total. The maximum Gasteiger partial charge on any atom is 0.249 e. The lowest BCUT2D eigenvalue weighted by molar-refractivity contribution is -0.111. The topological polar surface area (TPSA) is 46.9 Å². The highest BCUT2D eigenvalue weighted by molar-refractivity contribution is 7.10. The van der Waals surface area contributed by atoms with Crippen molar-refractivity contribution in [3.05, 3.63) is 40.2 Å². The molecule has 4 nitrogen and oxygen atoms in total. The highest BCUT2D eigenvalue weighted by Gasteiger charge is 2.09. The molecule has 0 saturated heterocycles. The van der Waals surface area contributed by atoms with E-state index in [0.29, 0.717) is 0 Å². The number of amides is 1. The molecule has 0 aromatic carbocycles. The Kier molecular flexibility index (Phi) is 4.16. The van der Waals surface area contributed by atoms with Gasteiger partial charge in [-0.25, -0.2) is 4.68 Å². The van der Waals surface area contributed by atoms with Gasteiger partial charge in [0.1, 0.15) is 5.82 Å². The highest BCUT2D eigenvalue weighted by Crippen LogP contribution is 2.16. The maximum atomic E-state index is 11.9. The number of carbonyl (C=O) groups is 1. The Morgan fingerprint density at radius 2 is 2.32 bits per heavy atom. The Hall–Kier alpha value is -1.88. The van der Waals surface area contributed by atoms with Crippen LogP contribution in [0.3, 0.4) is 0 Å². The number of hydrogen-bond acceptors (Lipinski definition) is 3. The number of rotatable bonds is 4. The van der Waals surface area contributed by atoms with Crippen molar-refractivity contribution in [3.8, 4) is 0 Å². The largest absolute Gasteiger partial charge is 0.307 e. The minimum Gasteiger partial charge on any atom is -0.307 e. The minimum atomic E-state index is -0.143. The van der Waals surface area contributed by atoms with E-state index in [9.17, 15) is 4.79 Å². The van der Waals surface area contributed by atoms with Crippen molar-refractivity contribution in [1.82, 2.24) is 9.78 Å². The smallest absolute Gasteiger partial charge is 0.249 e. The predicted octanol–water partition coefficient (Wildman–Crippen LogP) is 3.49. The third-order valence-corrected chi connectivity index (χ3v) is 3.38. The van der Waals surface area contributed by atoms with Gasteiger partial charge >= 0.3 is 0 Å². The second kappa shape index (κ2) is 5.84. The third-order valence-electron chi connectivity index (χ3n) is 2.54. The van der Waals surface area contributed by atoms with Gasteiger partial charge in [0.2, 0.25) is 5.91 Å². The van der Waals surface area contributed by atoms with Crippen LogP contribution in [-0.2, 0) is 4.79 Å². The van der Waals surface area contributed by atoms with Gasteiger partial charge in [0.05, 0.1) is 5.69 Å². The van der Waals surface area contributed by atoms with Crippen molar-refractivity contribution >= 4 is 29.1 Å². The van der Waals surface area contributed by atoms with E-state index >= 15 is 0 Å². The van der Waals surface area contributed by atoms with Crippen LogP contribution in [0.1, 0.15) is 30.5 Å². The lowest BCUT2D eigenvalue weighted by Crippen LogP contribution is -2.14. The normalized spacial score (nSPS) is 11.4. The van der Waals surface area contributed by atoms with E-state index in [-0.39, 0.29) is 11.9 Å². The number of thiophene rings is 1. The van der Waals surface area contributed by atoms with E-state index < -0.39 is 0 Å². The van der Waals surface area contributed by atoms with Gasteiger partial charge in [0.25, 0.3) is 0 Å². The molecular weight excluding hydrogens is 258 g/mol. The average Bonchev–Trinajstić information content (AvgIpc) is 2.96. The molecular formula is C14H17N3OS. The molecule has 0 fully saturated rings. The van der Waals surface area contributed by atoms with E-state index in [2.05, 4.69) is 10.4 Å². The number of aromatic nitrogens is 2. The van der Waals surface area contributed by atoms with E-state index in [1.165, 1.54) is 0 Å². The molecule has 0 bridgehead atoms. The van der Waals surface area contributed by atoms with Gasteiger partial charge in [-0.2, -0.15) is 5.10 Å². The highest BCUT2D eigenvalue weighted by atomic mass is 32.1. The van der Waals surface area contributed by atoms with E-state index in [0.717, 1.165) is 16.4 Å². The van der Waals surface area contributed by atoms with Gasteiger partial charge in [0.15, 0.2) is 0 Å². The van der Waals surface area contributed by atoms with Crippen molar-refractivity contribution in [3.63, 3.8) is 0 Å². The molecule has 5 heteroatoms. The summed E-state index contributed by atoms with van der Waals surface area (Å²) < 4.78 is 1.81. The molecule has 0 unspecified atom stereocenters. The van der Waals surface area contributed by atoms with Crippen LogP contribution in [0.4, 0.5) is 5.82 Å². The van der Waals surface area contributed by atoms with Crippen LogP contribution in [0.25, 0.3) is 6.08 Å². The zero-order valence-electron chi connectivity index (χ0n) is 11.3. The quantitative estimate of drug-likeness (QED) is 0.868. The number of carbonyl (C=O) groups excluding carboxylic acids is 1. The van der Waals surface area contributed by atoms with Gasteiger partial charge in [-0.05, 0) is 38.3 Å². The minimum absolute atomic E-state index is 0.143. The SMILES string of the molecule is Cc1cc(NC(=O)C=Cc2cccs2)n(C(C)C)n1. The summed E-state index contributed by atoms with van der Waals surface area (Å²) in [4.78, 5) is 12.9. The fourth-order valence-electron chi connectivity index (χ4n) is 1.72. The van der Waals surface area contributed by atoms with Gasteiger partial charge in [0, 0.05) is 23.1 Å². The first-order valence-corrected chi connectivity index (χ1v) is 7.03. The standard InChI is InChI=1S/C14H17N3OS/c1-10(2)17-13(9-11(3)16-17)15-14(18)7-6-12-5-4-8-19-12/h4-10H,1-3H3,(H,15,18). The first-order chi connectivity index (χ1) is 9.06. The molecule has 2 heterocycles. The molecule has 2 aromatic rings. The summed E-state index contributed by atoms with van der Waals surface area (Å²) in [5.41, 5.74) is 0.895. The van der Waals surface area contributed by atoms with Crippen LogP contribution in [0.2, 0.25) is 0 Å². The van der Waals surface area contributed by atoms with E-state index in [1.807, 2.05) is 55.1 Å². The van der Waals surface area contributed by atoms with Gasteiger partial charge in [-0.3, -0.25) is 4.79 Å². The Morgan fingerprint density at radius 3 is 2.95 bits per heavy atom. The molecule has 0 aliphatic rings. The zero-order valence-corrected chi connectivity index (χ0v) is 12.1. The molecule has 0 aliphatic heterocycles. The summed E-state index contributed by atoms with van der Waals surface area (Å²) >= 11 is 1.60. The molecule has 100 valence electrons. The van der Waals surface area contributed by atoms with Crippen molar-refractivity contribution in [2.45, 2.75) is 26.8 Å². The van der Waals surface area contributed by atoms with Crippen molar-refractivity contribution in [2.75, 3.05) is 5.32 Å². The molecule has 0 saturated carbocycles. The Labute approximate surface area is 116 Å². The monoisotopic (exact) mass is 275 g/mol. The molecule has 2 rings (SSSR count). The van der Waals surface area contributed by atoms with Gasteiger partial charge < -0.3 is 5.32 Å². The van der Waals surface area contributed by atoms with E-state index in [1.54, 1.807) is 17.4 Å². The molecule has 0 atom stereocenters. The van der Waals surface area contributed by atoms with Crippen LogP contribution in [0, 0.1) is 6.92 Å². The Morgan fingerprint density at radius 1 is 1.53 bits per heavy atom. The molecule has 1 amide bonds. The summed E-state index contributed by atoms with van der Waals surface area (Å²) in [5.74, 6) is 0.587. The molecule has 2 aromatic heterocycles. The Balaban J connectivity index is 2.07. The van der Waals surface area contributed by atoms with Crippen LogP contribution >= 0.6 is 11.3 Å². The summed E-state index contributed by atoms with van der Waals surface area (Å²) in [7, 11) is 0. The van der Waals surface area contributed by atoms with Crippen molar-refractivity contribution in [1.29, 1.82) is 0 Å². The van der Waals surface area contributed by atoms with Crippen molar-refractivity contribution < 1.29 is 4.79 Å². The van der Waals surface area contributed by atoms with Crippen LogP contribution in [-0.4, -0.2) is 15.7 Å². The summed E-state index contributed by atoms with van der Waals surface area (Å²) in [6, 6.07) is 6.01. The van der Waals surface area contributed by atoms with Crippen LogP contribution < -0.4 is 5.32 Å². The average molecular weight is 275 g/mol. The second-order valence-corrected chi connectivity index (χ2v) is 5.53. The third kappa shape index (κ3) is 3.54. The lowest BCUT2D eigenvalue weighted by Gasteiger charge is -2.10. The zero-order chi connectivity index (χ0) is 13.8. The molecule has 0 aliphatic carbocycles. The summed E-state index contributed by atoms with van der Waals surface area (Å²) in [6.07, 6.45) is 3.35. The van der Waals surface area contributed by atoms with Gasteiger partial charge in [-0.15, -0.1) is 11.3 Å². The maximum absolute atomic E-state index is 11.9. The van der Waals surface area contributed by atoms with E-state index in [4.69, 9.17) is 0 Å². The van der Waals surface area contributed by atoms with Crippen LogP contribution in [0.15, 0.2) is 29.7 Å². The number of nitrogens with one attached hydrogen (secondary N) is 1. The number of hydrogen-bond donors (Lipinski definition) is 1. The number of nitrogens with zero attached hydrogens (tertiary/aromatic N) is 2. The molecule has 0 spiro atoms. The second-order valence-electron chi connectivity index (χ2n) is 4.55. The van der Waals surface area contributed by atoms with Crippen molar-refractivity contribution in [2.24, 2.45) is 0 Å². The first-order valence-electron chi connectivity index (χ1n) is 6.15. The Bertz CT molecular complexity index is 582. The van der Waals surface area contributed by atoms with Gasteiger partial charge in [-0.1, -0.05) is 6.07 Å². The summed E-state index contributed by atoms with van der Waals surface area (Å²) in [5, 5.41) is 9.19. The fraction of sp³-hybridized carbons (Fsp3) is 0.286. The van der Waals surface area contributed by atoms with Crippen LogP contribution in [0.5, 0.6) is 0 Å². The first kappa shape index (κ1) is 13.5. The fourth-order valence-corrected chi connectivity index (χ4v) is 2.33. The predicted molar refractivity (Wildman–Crippen MR) is 79.3 cm³/mol. The number of anilines is 1. The number of aryl methyl sites for hydroxylation is 1.